The highest BCUT2D eigenvalue weighted by molar-refractivity contribution is 6.33. The number of halogens is 1. The molecule has 0 bridgehead atoms. The molecule has 0 fully saturated rings. The second-order valence-electron chi connectivity index (χ2n) is 5.09. The molecule has 1 aliphatic carbocycles. The molecular formula is C15H14ClN. The van der Waals surface area contributed by atoms with Crippen molar-refractivity contribution in [2.45, 2.75) is 19.3 Å². The van der Waals surface area contributed by atoms with E-state index < -0.39 is 0 Å². The predicted octanol–water partition coefficient (Wildman–Crippen LogP) is 4.23. The minimum absolute atomic E-state index is 0.00460. The topological polar surface area (TPSA) is 26.0 Å². The van der Waals surface area contributed by atoms with Crippen LogP contribution in [0, 0.1) is 0 Å². The molecule has 86 valence electrons. The van der Waals surface area contributed by atoms with E-state index in [-0.39, 0.29) is 5.41 Å². The summed E-state index contributed by atoms with van der Waals surface area (Å²) in [6.07, 6.45) is 0. The SMILES string of the molecule is CC1(C)c2ccccc2-c2cc(Cl)c(N)cc21. The Labute approximate surface area is 106 Å². The van der Waals surface area contributed by atoms with Crippen LogP contribution in [0.4, 0.5) is 5.69 Å². The molecule has 0 spiro atoms. The number of benzene rings is 2. The van der Waals surface area contributed by atoms with Crippen LogP contribution in [0.1, 0.15) is 25.0 Å². The number of nitrogens with two attached hydrogens (primary N) is 1. The van der Waals surface area contributed by atoms with Crippen molar-refractivity contribution in [1.82, 2.24) is 0 Å². The van der Waals surface area contributed by atoms with Gasteiger partial charge in [-0.25, -0.2) is 0 Å². The summed E-state index contributed by atoms with van der Waals surface area (Å²) in [4.78, 5) is 0. The molecule has 1 aliphatic rings. The first kappa shape index (κ1) is 10.7. The van der Waals surface area contributed by atoms with E-state index in [2.05, 4.69) is 38.1 Å². The van der Waals surface area contributed by atoms with Crippen molar-refractivity contribution >= 4 is 17.3 Å². The number of rotatable bonds is 0. The normalized spacial score (nSPS) is 15.5. The van der Waals surface area contributed by atoms with Gasteiger partial charge in [-0.05, 0) is 34.4 Å². The van der Waals surface area contributed by atoms with Crippen LogP contribution in [0.25, 0.3) is 11.1 Å². The molecule has 0 radical (unpaired) electrons. The molecule has 1 nitrogen and oxygen atoms in total. The van der Waals surface area contributed by atoms with Crippen molar-refractivity contribution in [3.63, 3.8) is 0 Å². The lowest BCUT2D eigenvalue weighted by molar-refractivity contribution is 0.660. The quantitative estimate of drug-likeness (QED) is 0.689. The summed E-state index contributed by atoms with van der Waals surface area (Å²) in [5.74, 6) is 0. The van der Waals surface area contributed by atoms with Crippen molar-refractivity contribution < 1.29 is 0 Å². The summed E-state index contributed by atoms with van der Waals surface area (Å²) in [5, 5.41) is 0.635. The van der Waals surface area contributed by atoms with E-state index in [1.165, 1.54) is 22.3 Å². The zero-order chi connectivity index (χ0) is 12.2. The molecular weight excluding hydrogens is 230 g/mol. The molecule has 3 rings (SSSR count). The standard InChI is InChI=1S/C15H14ClN/c1-15(2)11-6-4-3-5-9(11)10-7-13(16)14(17)8-12(10)15/h3-8H,17H2,1-2H3. The Balaban J connectivity index is 2.40. The van der Waals surface area contributed by atoms with Gasteiger partial charge in [-0.3, -0.25) is 0 Å². The molecule has 0 unspecified atom stereocenters. The fourth-order valence-electron chi connectivity index (χ4n) is 2.74. The molecule has 2 aromatic carbocycles. The molecule has 2 N–H and O–H groups in total. The minimum atomic E-state index is 0.00460. The van der Waals surface area contributed by atoms with Crippen molar-refractivity contribution in [1.29, 1.82) is 0 Å². The van der Waals surface area contributed by atoms with E-state index in [1.54, 1.807) is 0 Å². The predicted molar refractivity (Wildman–Crippen MR) is 73.4 cm³/mol. The van der Waals surface area contributed by atoms with E-state index in [1.807, 2.05) is 12.1 Å². The number of hydrogen-bond donors (Lipinski definition) is 1. The van der Waals surface area contributed by atoms with Gasteiger partial charge in [0, 0.05) is 5.41 Å². The third kappa shape index (κ3) is 1.32. The van der Waals surface area contributed by atoms with Gasteiger partial charge < -0.3 is 5.73 Å². The first-order valence-electron chi connectivity index (χ1n) is 5.71. The third-order valence-corrected chi connectivity index (χ3v) is 4.03. The van der Waals surface area contributed by atoms with Gasteiger partial charge in [-0.15, -0.1) is 0 Å². The van der Waals surface area contributed by atoms with Gasteiger partial charge in [0.2, 0.25) is 0 Å². The van der Waals surface area contributed by atoms with E-state index in [9.17, 15) is 0 Å². The number of nitrogen functional groups attached to an aromatic ring is 1. The van der Waals surface area contributed by atoms with Gasteiger partial charge in [0.1, 0.15) is 0 Å². The highest BCUT2D eigenvalue weighted by Crippen LogP contribution is 2.50. The maximum atomic E-state index is 6.13. The minimum Gasteiger partial charge on any atom is -0.398 e. The molecule has 2 aromatic rings. The van der Waals surface area contributed by atoms with Crippen LogP contribution in [0.15, 0.2) is 36.4 Å². The third-order valence-electron chi connectivity index (χ3n) is 3.70. The van der Waals surface area contributed by atoms with Crippen LogP contribution in [-0.2, 0) is 5.41 Å². The van der Waals surface area contributed by atoms with Gasteiger partial charge in [0.05, 0.1) is 10.7 Å². The summed E-state index contributed by atoms with van der Waals surface area (Å²) in [5.41, 5.74) is 11.7. The lowest BCUT2D eigenvalue weighted by Crippen LogP contribution is -2.15. The fourth-order valence-corrected chi connectivity index (χ4v) is 2.90. The monoisotopic (exact) mass is 243 g/mol. The Morgan fingerprint density at radius 1 is 1.00 bits per heavy atom. The zero-order valence-corrected chi connectivity index (χ0v) is 10.7. The highest BCUT2D eigenvalue weighted by atomic mass is 35.5. The first-order chi connectivity index (χ1) is 8.01. The van der Waals surface area contributed by atoms with Crippen LogP contribution >= 0.6 is 11.6 Å². The molecule has 0 heterocycles. The zero-order valence-electron chi connectivity index (χ0n) is 9.92. The lowest BCUT2D eigenvalue weighted by Gasteiger charge is -2.21. The van der Waals surface area contributed by atoms with Crippen molar-refractivity contribution in [2.24, 2.45) is 0 Å². The second-order valence-corrected chi connectivity index (χ2v) is 5.50. The van der Waals surface area contributed by atoms with Gasteiger partial charge in [0.25, 0.3) is 0 Å². The summed E-state index contributed by atoms with van der Waals surface area (Å²) >= 11 is 6.13. The second kappa shape index (κ2) is 3.27. The molecule has 0 aromatic heterocycles. The molecule has 2 heteroatoms. The van der Waals surface area contributed by atoms with Gasteiger partial charge in [-0.2, -0.15) is 0 Å². The summed E-state index contributed by atoms with van der Waals surface area (Å²) in [6, 6.07) is 12.5. The van der Waals surface area contributed by atoms with Gasteiger partial charge >= 0.3 is 0 Å². The molecule has 0 saturated heterocycles. The largest absolute Gasteiger partial charge is 0.398 e. The molecule has 17 heavy (non-hydrogen) atoms. The maximum Gasteiger partial charge on any atom is 0.0641 e. The van der Waals surface area contributed by atoms with Crippen LogP contribution in [0.5, 0.6) is 0 Å². The highest BCUT2D eigenvalue weighted by Gasteiger charge is 2.35. The van der Waals surface area contributed by atoms with Crippen molar-refractivity contribution in [2.75, 3.05) is 5.73 Å². The van der Waals surface area contributed by atoms with Gasteiger partial charge in [-0.1, -0.05) is 49.7 Å². The number of fused-ring (bicyclic) bond motifs is 3. The van der Waals surface area contributed by atoms with Crippen LogP contribution in [0.3, 0.4) is 0 Å². The van der Waals surface area contributed by atoms with Crippen LogP contribution < -0.4 is 5.73 Å². The molecule has 0 atom stereocenters. The van der Waals surface area contributed by atoms with E-state index in [4.69, 9.17) is 17.3 Å². The Hall–Kier alpha value is -1.47. The smallest absolute Gasteiger partial charge is 0.0641 e. The van der Waals surface area contributed by atoms with E-state index in [0.717, 1.165) is 0 Å². The molecule has 0 saturated carbocycles. The summed E-state index contributed by atoms with van der Waals surface area (Å²) in [6.45, 7) is 4.45. The van der Waals surface area contributed by atoms with E-state index in [0.29, 0.717) is 10.7 Å². The van der Waals surface area contributed by atoms with Gasteiger partial charge in [0.15, 0.2) is 0 Å². The Morgan fingerprint density at radius 2 is 1.71 bits per heavy atom. The average molecular weight is 244 g/mol. The van der Waals surface area contributed by atoms with E-state index >= 15 is 0 Å². The Bertz CT molecular complexity index is 614. The lowest BCUT2D eigenvalue weighted by atomic mass is 9.82. The molecule has 0 amide bonds. The summed E-state index contributed by atoms with van der Waals surface area (Å²) in [7, 11) is 0. The van der Waals surface area contributed by atoms with Crippen molar-refractivity contribution in [3.8, 4) is 11.1 Å². The Kier molecular flexibility index (Phi) is 2.05. The first-order valence-corrected chi connectivity index (χ1v) is 6.09. The summed E-state index contributed by atoms with van der Waals surface area (Å²) < 4.78 is 0. The number of anilines is 1. The molecule has 0 aliphatic heterocycles. The number of hydrogen-bond acceptors (Lipinski definition) is 1. The Morgan fingerprint density at radius 3 is 2.47 bits per heavy atom. The van der Waals surface area contributed by atoms with Crippen LogP contribution in [-0.4, -0.2) is 0 Å². The fraction of sp³-hybridized carbons (Fsp3) is 0.200. The maximum absolute atomic E-state index is 6.13. The van der Waals surface area contributed by atoms with Crippen molar-refractivity contribution in [3.05, 3.63) is 52.5 Å². The van der Waals surface area contributed by atoms with Crippen LogP contribution in [0.2, 0.25) is 5.02 Å². The average Bonchev–Trinajstić information content (AvgIpc) is 2.51.